The van der Waals surface area contributed by atoms with Crippen LogP contribution in [0.3, 0.4) is 0 Å². The van der Waals surface area contributed by atoms with Gasteiger partial charge in [-0.1, -0.05) is 36.3 Å². The number of rotatable bonds is 3. The Morgan fingerprint density at radius 3 is 2.63 bits per heavy atom. The van der Waals surface area contributed by atoms with Crippen molar-refractivity contribution in [3.05, 3.63) is 60.1 Å². The van der Waals surface area contributed by atoms with Crippen molar-refractivity contribution < 1.29 is 9.52 Å². The number of aliphatic hydroxyl groups is 1. The molecule has 1 heterocycles. The second-order valence-corrected chi connectivity index (χ2v) is 3.97. The molecule has 1 aromatic carbocycles. The fourth-order valence-corrected chi connectivity index (χ4v) is 1.58. The van der Waals surface area contributed by atoms with E-state index in [0.717, 1.165) is 12.8 Å². The molecule has 19 heavy (non-hydrogen) atoms. The SMILES string of the molecule is O[C@@H](C#CC#CCCc1ccccc1)c1ccco1. The molecule has 0 fully saturated rings. The van der Waals surface area contributed by atoms with Crippen molar-refractivity contribution in [1.29, 1.82) is 0 Å². The van der Waals surface area contributed by atoms with Gasteiger partial charge in [-0.05, 0) is 41.9 Å². The van der Waals surface area contributed by atoms with Crippen LogP contribution in [0.2, 0.25) is 0 Å². The predicted octanol–water partition coefficient (Wildman–Crippen LogP) is 2.95. The minimum Gasteiger partial charge on any atom is -0.466 e. The monoisotopic (exact) mass is 250 g/mol. The van der Waals surface area contributed by atoms with Crippen molar-refractivity contribution >= 4 is 0 Å². The van der Waals surface area contributed by atoms with Crippen molar-refractivity contribution in [2.45, 2.75) is 18.9 Å². The number of hydrogen-bond acceptors (Lipinski definition) is 2. The van der Waals surface area contributed by atoms with E-state index < -0.39 is 6.10 Å². The van der Waals surface area contributed by atoms with Crippen LogP contribution in [0.15, 0.2) is 53.1 Å². The molecule has 0 amide bonds. The van der Waals surface area contributed by atoms with Gasteiger partial charge in [0.05, 0.1) is 6.26 Å². The molecule has 0 bridgehead atoms. The first kappa shape index (κ1) is 13.0. The van der Waals surface area contributed by atoms with Gasteiger partial charge in [0, 0.05) is 6.42 Å². The highest BCUT2D eigenvalue weighted by atomic mass is 16.4. The summed E-state index contributed by atoms with van der Waals surface area (Å²) in [5.74, 6) is 11.4. The molecule has 2 nitrogen and oxygen atoms in total. The van der Waals surface area contributed by atoms with Gasteiger partial charge in [0.25, 0.3) is 0 Å². The molecule has 1 N–H and O–H groups in total. The molecule has 0 spiro atoms. The molecule has 0 aliphatic rings. The van der Waals surface area contributed by atoms with Crippen molar-refractivity contribution in [2.75, 3.05) is 0 Å². The summed E-state index contributed by atoms with van der Waals surface area (Å²) in [6.07, 6.45) is 2.27. The van der Waals surface area contributed by atoms with Crippen LogP contribution in [-0.4, -0.2) is 5.11 Å². The van der Waals surface area contributed by atoms with Gasteiger partial charge in [0.15, 0.2) is 6.10 Å². The van der Waals surface area contributed by atoms with Crippen LogP contribution < -0.4 is 0 Å². The van der Waals surface area contributed by atoms with Crippen LogP contribution in [-0.2, 0) is 6.42 Å². The molecular weight excluding hydrogens is 236 g/mol. The summed E-state index contributed by atoms with van der Waals surface area (Å²) in [6.45, 7) is 0. The Labute approximate surface area is 113 Å². The molecule has 2 aromatic rings. The van der Waals surface area contributed by atoms with Crippen molar-refractivity contribution in [2.24, 2.45) is 0 Å². The lowest BCUT2D eigenvalue weighted by Gasteiger charge is -1.95. The fraction of sp³-hybridized carbons (Fsp3) is 0.176. The molecule has 2 rings (SSSR count). The van der Waals surface area contributed by atoms with Gasteiger partial charge in [-0.25, -0.2) is 0 Å². The number of furan rings is 1. The lowest BCUT2D eigenvalue weighted by Crippen LogP contribution is -1.89. The lowest BCUT2D eigenvalue weighted by atomic mass is 10.1. The third kappa shape index (κ3) is 4.39. The Bertz CT molecular complexity index is 604. The van der Waals surface area contributed by atoms with Crippen LogP contribution in [0.5, 0.6) is 0 Å². The van der Waals surface area contributed by atoms with E-state index >= 15 is 0 Å². The van der Waals surface area contributed by atoms with Gasteiger partial charge in [0.2, 0.25) is 0 Å². The van der Waals surface area contributed by atoms with Crippen LogP contribution in [0.1, 0.15) is 23.8 Å². The predicted molar refractivity (Wildman–Crippen MR) is 74.0 cm³/mol. The maximum Gasteiger partial charge on any atom is 0.173 e. The Kier molecular flexibility index (Phi) is 4.87. The quantitative estimate of drug-likeness (QED) is 0.850. The first-order valence-electron chi connectivity index (χ1n) is 6.10. The summed E-state index contributed by atoms with van der Waals surface area (Å²) < 4.78 is 5.03. The van der Waals surface area contributed by atoms with Crippen molar-refractivity contribution in [3.63, 3.8) is 0 Å². The molecule has 0 saturated carbocycles. The van der Waals surface area contributed by atoms with Gasteiger partial charge in [-0.3, -0.25) is 0 Å². The topological polar surface area (TPSA) is 33.4 Å². The summed E-state index contributed by atoms with van der Waals surface area (Å²) in [5.41, 5.74) is 1.26. The van der Waals surface area contributed by atoms with E-state index in [1.54, 1.807) is 12.1 Å². The van der Waals surface area contributed by atoms with Crippen molar-refractivity contribution in [3.8, 4) is 23.7 Å². The minimum atomic E-state index is -0.904. The number of aryl methyl sites for hydroxylation is 1. The smallest absolute Gasteiger partial charge is 0.173 e. The van der Waals surface area contributed by atoms with Gasteiger partial charge in [-0.2, -0.15) is 0 Å². The van der Waals surface area contributed by atoms with Crippen molar-refractivity contribution in [1.82, 2.24) is 0 Å². The third-order valence-corrected chi connectivity index (χ3v) is 2.55. The highest BCUT2D eigenvalue weighted by molar-refractivity contribution is 5.29. The first-order chi connectivity index (χ1) is 9.36. The maximum absolute atomic E-state index is 9.61. The minimum absolute atomic E-state index is 0.443. The van der Waals surface area contributed by atoms with Gasteiger partial charge < -0.3 is 9.52 Å². The highest BCUT2D eigenvalue weighted by Gasteiger charge is 2.04. The van der Waals surface area contributed by atoms with E-state index in [4.69, 9.17) is 4.42 Å². The second kappa shape index (κ2) is 7.11. The molecule has 1 aromatic heterocycles. The zero-order valence-corrected chi connectivity index (χ0v) is 10.5. The standard InChI is InChI=1S/C17H14O2/c18-16(17-13-8-14-19-17)12-7-2-1-4-9-15-10-5-3-6-11-15/h3,5-6,8,10-11,13-14,16,18H,4,9H2/t16-/m0/s1. The average molecular weight is 250 g/mol. The van der Waals surface area contributed by atoms with E-state index in [-0.39, 0.29) is 0 Å². The van der Waals surface area contributed by atoms with E-state index in [2.05, 4.69) is 35.8 Å². The highest BCUT2D eigenvalue weighted by Crippen LogP contribution is 2.10. The van der Waals surface area contributed by atoms with E-state index in [0.29, 0.717) is 5.76 Å². The Hall–Kier alpha value is -2.42. The van der Waals surface area contributed by atoms with Crippen LogP contribution in [0, 0.1) is 23.7 Å². The molecule has 0 aliphatic carbocycles. The van der Waals surface area contributed by atoms with Crippen LogP contribution in [0.25, 0.3) is 0 Å². The molecule has 0 aliphatic heterocycles. The van der Waals surface area contributed by atoms with Crippen LogP contribution >= 0.6 is 0 Å². The van der Waals surface area contributed by atoms with E-state index in [1.165, 1.54) is 11.8 Å². The normalized spacial score (nSPS) is 10.8. The summed E-state index contributed by atoms with van der Waals surface area (Å²) in [6, 6.07) is 13.6. The fourth-order valence-electron chi connectivity index (χ4n) is 1.58. The van der Waals surface area contributed by atoms with Gasteiger partial charge in [0.1, 0.15) is 5.76 Å². The zero-order chi connectivity index (χ0) is 13.3. The molecule has 94 valence electrons. The maximum atomic E-state index is 9.61. The summed E-state index contributed by atoms with van der Waals surface area (Å²) in [4.78, 5) is 0. The summed E-state index contributed by atoms with van der Waals surface area (Å²) in [7, 11) is 0. The lowest BCUT2D eigenvalue weighted by molar-refractivity contribution is 0.206. The second-order valence-electron chi connectivity index (χ2n) is 3.97. The largest absolute Gasteiger partial charge is 0.466 e. The molecular formula is C17H14O2. The number of hydrogen-bond donors (Lipinski definition) is 1. The molecule has 0 saturated heterocycles. The van der Waals surface area contributed by atoms with E-state index in [1.807, 2.05) is 18.2 Å². The summed E-state index contributed by atoms with van der Waals surface area (Å²) >= 11 is 0. The van der Waals surface area contributed by atoms with Crippen LogP contribution in [0.4, 0.5) is 0 Å². The van der Waals surface area contributed by atoms with E-state index in [9.17, 15) is 5.11 Å². The Morgan fingerprint density at radius 1 is 1.05 bits per heavy atom. The number of benzene rings is 1. The molecule has 0 radical (unpaired) electrons. The Morgan fingerprint density at radius 2 is 1.89 bits per heavy atom. The van der Waals surface area contributed by atoms with Gasteiger partial charge >= 0.3 is 0 Å². The Balaban J connectivity index is 1.79. The molecule has 1 atom stereocenters. The zero-order valence-electron chi connectivity index (χ0n) is 10.5. The summed E-state index contributed by atoms with van der Waals surface area (Å²) in [5, 5.41) is 9.61. The molecule has 2 heteroatoms. The number of aliphatic hydroxyl groups excluding tert-OH is 1. The van der Waals surface area contributed by atoms with Gasteiger partial charge in [-0.15, -0.1) is 0 Å². The third-order valence-electron chi connectivity index (χ3n) is 2.55. The average Bonchev–Trinajstić information content (AvgIpc) is 2.98. The molecule has 0 unspecified atom stereocenters. The first-order valence-corrected chi connectivity index (χ1v) is 6.10.